The number of benzene rings is 3. The van der Waals surface area contributed by atoms with Gasteiger partial charge in [0.05, 0.1) is 17.1 Å². The van der Waals surface area contributed by atoms with Gasteiger partial charge in [-0.2, -0.15) is 0 Å². The van der Waals surface area contributed by atoms with Crippen LogP contribution < -0.4 is 9.55 Å². The Hall–Kier alpha value is -3.61. The van der Waals surface area contributed by atoms with E-state index in [-0.39, 0.29) is 12.5 Å². The number of anilines is 1. The lowest BCUT2D eigenvalue weighted by atomic mass is 9.96. The fourth-order valence-corrected chi connectivity index (χ4v) is 4.97. The van der Waals surface area contributed by atoms with E-state index in [0.717, 1.165) is 45.8 Å². The average Bonchev–Trinajstić information content (AvgIpc) is 3.18. The first-order valence-corrected chi connectivity index (χ1v) is 10.9. The molecule has 6 nitrogen and oxygen atoms in total. The number of amides is 1. The van der Waals surface area contributed by atoms with E-state index < -0.39 is 4.65 Å². The highest BCUT2D eigenvalue weighted by atomic mass is 16.5. The maximum atomic E-state index is 14.3. The second-order valence-electron chi connectivity index (χ2n) is 8.51. The highest BCUT2D eigenvalue weighted by Crippen LogP contribution is 2.42. The standard InChI is InChI=1S/C26H22N4O2/c1-17-28-23-10-6-5-9-20(23)16-30(17,32)21-13-19-11-12-29-24(31)15-27-25(22(14-21)26(19)29)18-7-3-2-4-8-18/h2-10,13-14H,11-12,15-16H2,1H3. The van der Waals surface area contributed by atoms with Crippen molar-refractivity contribution in [3.8, 4) is 0 Å². The average molecular weight is 422 g/mol. The van der Waals surface area contributed by atoms with Crippen LogP contribution in [-0.2, 0) is 17.8 Å². The lowest BCUT2D eigenvalue weighted by Gasteiger charge is -2.43. The molecule has 0 fully saturated rings. The van der Waals surface area contributed by atoms with Crippen LogP contribution in [0.3, 0.4) is 0 Å². The number of rotatable bonds is 2. The molecule has 0 saturated carbocycles. The van der Waals surface area contributed by atoms with Gasteiger partial charge in [0, 0.05) is 42.3 Å². The fourth-order valence-electron chi connectivity index (χ4n) is 4.97. The quantitative estimate of drug-likeness (QED) is 0.451. The lowest BCUT2D eigenvalue weighted by Crippen LogP contribution is -2.48. The molecule has 1 amide bonds. The van der Waals surface area contributed by atoms with Crippen molar-refractivity contribution in [2.45, 2.75) is 19.9 Å². The Balaban J connectivity index is 1.56. The van der Waals surface area contributed by atoms with Gasteiger partial charge in [-0.25, -0.2) is 4.99 Å². The van der Waals surface area contributed by atoms with Crippen LogP contribution in [0, 0.1) is 5.21 Å². The molecule has 0 bridgehead atoms. The molecule has 32 heavy (non-hydrogen) atoms. The number of carbonyl (C=O) groups is 1. The summed E-state index contributed by atoms with van der Waals surface area (Å²) in [5.74, 6) is 0.507. The molecule has 1 atom stereocenters. The fraction of sp³-hybridized carbons (Fsp3) is 0.192. The second-order valence-corrected chi connectivity index (χ2v) is 8.51. The van der Waals surface area contributed by atoms with E-state index in [9.17, 15) is 10.0 Å². The van der Waals surface area contributed by atoms with Gasteiger partial charge in [-0.05, 0) is 18.1 Å². The molecular weight excluding hydrogens is 400 g/mol. The highest BCUT2D eigenvalue weighted by molar-refractivity contribution is 6.21. The maximum Gasteiger partial charge on any atom is 0.248 e. The number of quaternary nitrogens is 1. The van der Waals surface area contributed by atoms with Crippen molar-refractivity contribution in [1.29, 1.82) is 0 Å². The van der Waals surface area contributed by atoms with Crippen molar-refractivity contribution in [1.82, 2.24) is 4.65 Å². The van der Waals surface area contributed by atoms with E-state index in [1.165, 1.54) is 0 Å². The van der Waals surface area contributed by atoms with Crippen molar-refractivity contribution in [3.63, 3.8) is 0 Å². The zero-order valence-corrected chi connectivity index (χ0v) is 17.8. The number of hydroxylamine groups is 2. The molecule has 3 aromatic carbocycles. The molecule has 6 heteroatoms. The van der Waals surface area contributed by atoms with Crippen molar-refractivity contribution in [2.24, 2.45) is 9.98 Å². The van der Waals surface area contributed by atoms with E-state index in [4.69, 9.17) is 4.99 Å². The molecule has 0 N–H and O–H groups in total. The van der Waals surface area contributed by atoms with Crippen LogP contribution in [0.2, 0.25) is 0 Å². The number of hydrogen-bond donors (Lipinski definition) is 0. The number of hydrogen-bond acceptors (Lipinski definition) is 4. The van der Waals surface area contributed by atoms with E-state index in [2.05, 4.69) is 4.99 Å². The first-order valence-electron chi connectivity index (χ1n) is 10.9. The van der Waals surface area contributed by atoms with Crippen molar-refractivity contribution in [2.75, 3.05) is 18.0 Å². The Labute approximate surface area is 186 Å². The third-order valence-electron chi connectivity index (χ3n) is 6.63. The van der Waals surface area contributed by atoms with Gasteiger partial charge < -0.3 is 10.1 Å². The zero-order valence-electron chi connectivity index (χ0n) is 17.8. The molecule has 0 aliphatic carbocycles. The lowest BCUT2D eigenvalue weighted by molar-refractivity contribution is -0.117. The molecule has 0 radical (unpaired) electrons. The Kier molecular flexibility index (Phi) is 4.15. The molecule has 3 aromatic rings. The highest BCUT2D eigenvalue weighted by Gasteiger charge is 2.37. The van der Waals surface area contributed by atoms with Gasteiger partial charge in [0.1, 0.15) is 18.8 Å². The number of nitrogens with zero attached hydrogens (tertiary/aromatic N) is 4. The summed E-state index contributed by atoms with van der Waals surface area (Å²) in [4.78, 5) is 24.0. The minimum Gasteiger partial charge on any atom is -0.621 e. The number of amidine groups is 1. The largest absolute Gasteiger partial charge is 0.621 e. The number of para-hydroxylation sites is 1. The Morgan fingerprint density at radius 2 is 1.78 bits per heavy atom. The maximum absolute atomic E-state index is 14.3. The predicted octanol–water partition coefficient (Wildman–Crippen LogP) is 4.50. The Morgan fingerprint density at radius 1 is 1.00 bits per heavy atom. The molecule has 3 heterocycles. The summed E-state index contributed by atoms with van der Waals surface area (Å²) in [6, 6.07) is 21.6. The zero-order chi connectivity index (χ0) is 21.9. The van der Waals surface area contributed by atoms with Crippen LogP contribution in [0.1, 0.15) is 29.2 Å². The molecule has 3 aliphatic heterocycles. The van der Waals surface area contributed by atoms with E-state index >= 15 is 0 Å². The molecule has 3 aliphatic rings. The molecule has 0 aromatic heterocycles. The third kappa shape index (κ3) is 2.77. The minimum absolute atomic E-state index is 0.000607. The van der Waals surface area contributed by atoms with Gasteiger partial charge >= 0.3 is 0 Å². The SMILES string of the molecule is CC1=Nc2ccccc2C[N+]1([O-])c1cc2c3c(c1)C(c1ccccc1)=NCC(=O)N3CC2. The number of fused-ring (bicyclic) bond motifs is 1. The Bertz CT molecular complexity index is 1330. The minimum atomic E-state index is -0.632. The smallest absolute Gasteiger partial charge is 0.248 e. The van der Waals surface area contributed by atoms with Gasteiger partial charge in [0.15, 0.2) is 0 Å². The summed E-state index contributed by atoms with van der Waals surface area (Å²) < 4.78 is -0.632. The van der Waals surface area contributed by atoms with Gasteiger partial charge in [-0.3, -0.25) is 14.4 Å². The van der Waals surface area contributed by atoms with Crippen LogP contribution in [0.15, 0.2) is 76.7 Å². The van der Waals surface area contributed by atoms with Crippen LogP contribution >= 0.6 is 0 Å². The summed E-state index contributed by atoms with van der Waals surface area (Å²) >= 11 is 0. The van der Waals surface area contributed by atoms with Gasteiger partial charge in [-0.15, -0.1) is 0 Å². The number of aliphatic imine (C=N–C) groups is 2. The second kappa shape index (κ2) is 6.95. The molecule has 6 rings (SSSR count). The normalized spacial score (nSPS) is 21.4. The third-order valence-corrected chi connectivity index (χ3v) is 6.63. The van der Waals surface area contributed by atoms with E-state index in [1.807, 2.05) is 71.6 Å². The van der Waals surface area contributed by atoms with Crippen LogP contribution in [0.5, 0.6) is 0 Å². The summed E-state index contributed by atoms with van der Waals surface area (Å²) in [7, 11) is 0. The van der Waals surface area contributed by atoms with Gasteiger partial charge in [-0.1, -0.05) is 48.5 Å². The molecule has 158 valence electrons. The van der Waals surface area contributed by atoms with Crippen molar-refractivity contribution >= 4 is 34.5 Å². The molecule has 0 saturated heterocycles. The van der Waals surface area contributed by atoms with Gasteiger partial charge in [0.2, 0.25) is 11.7 Å². The molecule has 0 spiro atoms. The van der Waals surface area contributed by atoms with E-state index in [0.29, 0.717) is 24.6 Å². The summed E-state index contributed by atoms with van der Waals surface area (Å²) in [6.07, 6.45) is 0.733. The molecular formula is C26H22N4O2. The molecule has 1 unspecified atom stereocenters. The predicted molar refractivity (Wildman–Crippen MR) is 128 cm³/mol. The van der Waals surface area contributed by atoms with Crippen LogP contribution in [0.4, 0.5) is 17.1 Å². The topological polar surface area (TPSA) is 68.1 Å². The van der Waals surface area contributed by atoms with Crippen LogP contribution in [0.25, 0.3) is 0 Å². The first-order chi connectivity index (χ1) is 15.5. The summed E-state index contributed by atoms with van der Waals surface area (Å²) in [6.45, 7) is 2.83. The van der Waals surface area contributed by atoms with E-state index in [1.54, 1.807) is 6.92 Å². The Morgan fingerprint density at radius 3 is 2.62 bits per heavy atom. The summed E-state index contributed by atoms with van der Waals surface area (Å²) in [5.41, 5.74) is 6.92. The summed E-state index contributed by atoms with van der Waals surface area (Å²) in [5, 5.41) is 14.3. The van der Waals surface area contributed by atoms with Crippen LogP contribution in [-0.4, -0.2) is 30.5 Å². The first kappa shape index (κ1) is 19.1. The number of carbonyl (C=O) groups excluding carboxylic acids is 1. The van der Waals surface area contributed by atoms with Crippen molar-refractivity contribution < 1.29 is 4.79 Å². The van der Waals surface area contributed by atoms with Gasteiger partial charge in [0.25, 0.3) is 0 Å². The monoisotopic (exact) mass is 422 g/mol. The van der Waals surface area contributed by atoms with Crippen molar-refractivity contribution in [3.05, 3.63) is 94.2 Å².